The van der Waals surface area contributed by atoms with Gasteiger partial charge in [-0.2, -0.15) is 0 Å². The molecule has 2 rings (SSSR count). The number of hydrogen-bond donors (Lipinski definition) is 2. The minimum absolute atomic E-state index is 0.248. The smallest absolute Gasteiger partial charge is 0.168 e. The van der Waals surface area contributed by atoms with Crippen molar-refractivity contribution in [1.82, 2.24) is 0 Å². The molecular weight excluding hydrogens is 272 g/mol. The summed E-state index contributed by atoms with van der Waals surface area (Å²) in [6, 6.07) is 15.2. The van der Waals surface area contributed by atoms with Gasteiger partial charge >= 0.3 is 0 Å². The van der Waals surface area contributed by atoms with E-state index in [1.807, 2.05) is 48.5 Å². The lowest BCUT2D eigenvalue weighted by Crippen LogP contribution is -2.18. The van der Waals surface area contributed by atoms with Crippen LogP contribution in [0.4, 0.5) is 5.69 Å². The third-order valence-corrected chi connectivity index (χ3v) is 2.76. The first-order chi connectivity index (χ1) is 9.67. The third kappa shape index (κ3) is 4.13. The Labute approximate surface area is 123 Å². The van der Waals surface area contributed by atoms with Gasteiger partial charge in [-0.3, -0.25) is 0 Å². The monoisotopic (exact) mass is 288 g/mol. The SMILES string of the molecule is COc1ccc(OCc2cccc(NC(N)=S)c2)cc1. The molecule has 5 heteroatoms. The molecule has 2 aromatic carbocycles. The van der Waals surface area contributed by atoms with Gasteiger partial charge in [-0.1, -0.05) is 12.1 Å². The molecule has 0 aliphatic rings. The zero-order valence-electron chi connectivity index (χ0n) is 11.1. The zero-order valence-corrected chi connectivity index (χ0v) is 11.9. The van der Waals surface area contributed by atoms with Gasteiger partial charge in [-0.05, 0) is 54.2 Å². The molecule has 0 heterocycles. The first kappa shape index (κ1) is 14.1. The maximum absolute atomic E-state index is 5.70. The number of benzene rings is 2. The minimum atomic E-state index is 0.248. The van der Waals surface area contributed by atoms with Crippen molar-refractivity contribution in [2.45, 2.75) is 6.61 Å². The van der Waals surface area contributed by atoms with E-state index in [4.69, 9.17) is 27.4 Å². The van der Waals surface area contributed by atoms with Crippen molar-refractivity contribution >= 4 is 23.0 Å². The normalized spacial score (nSPS) is 9.85. The number of ether oxygens (including phenoxy) is 2. The van der Waals surface area contributed by atoms with E-state index in [0.29, 0.717) is 6.61 Å². The molecule has 0 radical (unpaired) electrons. The Hall–Kier alpha value is -2.27. The van der Waals surface area contributed by atoms with Gasteiger partial charge in [0.1, 0.15) is 18.1 Å². The van der Waals surface area contributed by atoms with Gasteiger partial charge in [-0.15, -0.1) is 0 Å². The number of rotatable bonds is 5. The van der Waals surface area contributed by atoms with E-state index < -0.39 is 0 Å². The van der Waals surface area contributed by atoms with E-state index in [9.17, 15) is 0 Å². The topological polar surface area (TPSA) is 56.5 Å². The first-order valence-corrected chi connectivity index (χ1v) is 6.50. The van der Waals surface area contributed by atoms with Gasteiger partial charge in [0.25, 0.3) is 0 Å². The fraction of sp³-hybridized carbons (Fsp3) is 0.133. The van der Waals surface area contributed by atoms with Crippen LogP contribution in [-0.2, 0) is 6.61 Å². The molecular formula is C15H16N2O2S. The third-order valence-electron chi connectivity index (χ3n) is 2.66. The molecule has 0 aromatic heterocycles. The average Bonchev–Trinajstić information content (AvgIpc) is 2.45. The van der Waals surface area contributed by atoms with E-state index in [0.717, 1.165) is 22.7 Å². The van der Waals surface area contributed by atoms with Gasteiger partial charge in [-0.25, -0.2) is 0 Å². The number of anilines is 1. The molecule has 0 aliphatic carbocycles. The molecule has 2 aromatic rings. The Morgan fingerprint density at radius 1 is 1.15 bits per heavy atom. The average molecular weight is 288 g/mol. The number of thiocarbonyl (C=S) groups is 1. The Balaban J connectivity index is 1.97. The lowest BCUT2D eigenvalue weighted by molar-refractivity contribution is 0.305. The van der Waals surface area contributed by atoms with Crippen molar-refractivity contribution in [3.05, 3.63) is 54.1 Å². The summed E-state index contributed by atoms with van der Waals surface area (Å²) in [7, 11) is 1.64. The fourth-order valence-electron chi connectivity index (χ4n) is 1.72. The van der Waals surface area contributed by atoms with Crippen molar-refractivity contribution in [3.8, 4) is 11.5 Å². The maximum atomic E-state index is 5.70. The second kappa shape index (κ2) is 6.77. The highest BCUT2D eigenvalue weighted by Gasteiger charge is 1.99. The second-order valence-electron chi connectivity index (χ2n) is 4.15. The van der Waals surface area contributed by atoms with Gasteiger partial charge in [0, 0.05) is 5.69 Å². The minimum Gasteiger partial charge on any atom is -0.497 e. The Morgan fingerprint density at radius 3 is 2.50 bits per heavy atom. The predicted molar refractivity (Wildman–Crippen MR) is 84.2 cm³/mol. The van der Waals surface area contributed by atoms with Crippen molar-refractivity contribution in [2.75, 3.05) is 12.4 Å². The summed E-state index contributed by atoms with van der Waals surface area (Å²) in [6.45, 7) is 0.471. The molecule has 0 saturated carbocycles. The summed E-state index contributed by atoms with van der Waals surface area (Å²) in [6.07, 6.45) is 0. The lowest BCUT2D eigenvalue weighted by Gasteiger charge is -2.09. The standard InChI is InChI=1S/C15H16N2O2S/c1-18-13-5-7-14(8-6-13)19-10-11-3-2-4-12(9-11)17-15(16)20/h2-9H,10H2,1H3,(H3,16,17,20). The van der Waals surface area contributed by atoms with Gasteiger partial charge in [0.2, 0.25) is 0 Å². The number of nitrogens with one attached hydrogen (secondary N) is 1. The van der Waals surface area contributed by atoms with Crippen molar-refractivity contribution in [1.29, 1.82) is 0 Å². The van der Waals surface area contributed by atoms with Gasteiger partial charge in [0.05, 0.1) is 7.11 Å². The highest BCUT2D eigenvalue weighted by atomic mass is 32.1. The van der Waals surface area contributed by atoms with Crippen molar-refractivity contribution < 1.29 is 9.47 Å². The highest BCUT2D eigenvalue weighted by Crippen LogP contribution is 2.19. The molecule has 0 aliphatic heterocycles. The number of hydrogen-bond acceptors (Lipinski definition) is 3. The quantitative estimate of drug-likeness (QED) is 0.829. The second-order valence-corrected chi connectivity index (χ2v) is 4.59. The van der Waals surface area contributed by atoms with Crippen LogP contribution in [0.3, 0.4) is 0 Å². The Morgan fingerprint density at radius 2 is 1.85 bits per heavy atom. The van der Waals surface area contributed by atoms with Crippen LogP contribution in [0.2, 0.25) is 0 Å². The highest BCUT2D eigenvalue weighted by molar-refractivity contribution is 7.80. The van der Waals surface area contributed by atoms with Crippen LogP contribution >= 0.6 is 12.2 Å². The Kier molecular flexibility index (Phi) is 4.79. The predicted octanol–water partition coefficient (Wildman–Crippen LogP) is 2.93. The first-order valence-electron chi connectivity index (χ1n) is 6.09. The van der Waals surface area contributed by atoms with Crippen LogP contribution in [0, 0.1) is 0 Å². The maximum Gasteiger partial charge on any atom is 0.168 e. The van der Waals surface area contributed by atoms with Crippen LogP contribution in [0.15, 0.2) is 48.5 Å². The van der Waals surface area contributed by atoms with Crippen molar-refractivity contribution in [3.63, 3.8) is 0 Å². The zero-order chi connectivity index (χ0) is 14.4. The molecule has 0 bridgehead atoms. The summed E-state index contributed by atoms with van der Waals surface area (Å²) in [5.74, 6) is 1.60. The van der Waals surface area contributed by atoms with Gasteiger partial charge < -0.3 is 20.5 Å². The van der Waals surface area contributed by atoms with Crippen LogP contribution in [0.5, 0.6) is 11.5 Å². The number of nitrogens with two attached hydrogens (primary N) is 1. The van der Waals surface area contributed by atoms with Crippen LogP contribution in [-0.4, -0.2) is 12.2 Å². The van der Waals surface area contributed by atoms with E-state index in [1.54, 1.807) is 7.11 Å². The van der Waals surface area contributed by atoms with Gasteiger partial charge in [0.15, 0.2) is 5.11 Å². The summed E-state index contributed by atoms with van der Waals surface area (Å²) in [5, 5.41) is 3.14. The number of methoxy groups -OCH3 is 1. The van der Waals surface area contributed by atoms with E-state index in [1.165, 1.54) is 0 Å². The van der Waals surface area contributed by atoms with Crippen LogP contribution in [0.1, 0.15) is 5.56 Å². The molecule has 0 spiro atoms. The summed E-state index contributed by atoms with van der Waals surface area (Å²) in [4.78, 5) is 0. The molecule has 0 atom stereocenters. The fourth-order valence-corrected chi connectivity index (χ4v) is 1.84. The van der Waals surface area contributed by atoms with E-state index in [2.05, 4.69) is 5.32 Å². The largest absolute Gasteiger partial charge is 0.497 e. The van der Waals surface area contributed by atoms with Crippen molar-refractivity contribution in [2.24, 2.45) is 5.73 Å². The van der Waals surface area contributed by atoms with Crippen LogP contribution < -0.4 is 20.5 Å². The molecule has 4 nitrogen and oxygen atoms in total. The molecule has 0 unspecified atom stereocenters. The molecule has 0 fully saturated rings. The molecule has 0 amide bonds. The molecule has 20 heavy (non-hydrogen) atoms. The van der Waals surface area contributed by atoms with E-state index >= 15 is 0 Å². The molecule has 104 valence electrons. The summed E-state index contributed by atoms with van der Waals surface area (Å²) >= 11 is 4.81. The van der Waals surface area contributed by atoms with E-state index in [-0.39, 0.29) is 5.11 Å². The molecule has 3 N–H and O–H groups in total. The molecule has 0 saturated heterocycles. The summed E-state index contributed by atoms with van der Waals surface area (Å²) in [5.41, 5.74) is 7.33. The Bertz CT molecular complexity index is 585. The van der Waals surface area contributed by atoms with Crippen LogP contribution in [0.25, 0.3) is 0 Å². The summed E-state index contributed by atoms with van der Waals surface area (Å²) < 4.78 is 10.8. The lowest BCUT2D eigenvalue weighted by atomic mass is 10.2.